The molecular weight excluding hydrogens is 360 g/mol. The third kappa shape index (κ3) is 3.18. The molecule has 3 N–H and O–H groups in total. The first-order chi connectivity index (χ1) is 14.2. The third-order valence-corrected chi connectivity index (χ3v) is 5.97. The topological polar surface area (TPSA) is 80.9 Å². The van der Waals surface area contributed by atoms with E-state index in [1.54, 1.807) is 6.07 Å². The van der Waals surface area contributed by atoms with Crippen LogP contribution in [0.5, 0.6) is 0 Å². The van der Waals surface area contributed by atoms with Crippen molar-refractivity contribution in [3.05, 3.63) is 78.1 Å². The minimum absolute atomic E-state index is 0.284. The quantitative estimate of drug-likeness (QED) is 0.539. The van der Waals surface area contributed by atoms with Crippen molar-refractivity contribution in [3.8, 4) is 0 Å². The second-order valence-corrected chi connectivity index (χ2v) is 7.68. The number of amides is 1. The number of carbonyl (C=O) groups is 1. The molecule has 0 spiro atoms. The van der Waals surface area contributed by atoms with Crippen molar-refractivity contribution in [1.29, 1.82) is 0 Å². The Hall–Kier alpha value is -3.47. The van der Waals surface area contributed by atoms with Crippen molar-refractivity contribution in [2.75, 3.05) is 5.32 Å². The summed E-state index contributed by atoms with van der Waals surface area (Å²) in [7, 11) is 0. The summed E-state index contributed by atoms with van der Waals surface area (Å²) < 4.78 is 0. The van der Waals surface area contributed by atoms with Crippen LogP contribution in [0, 0.1) is 0 Å². The van der Waals surface area contributed by atoms with Crippen LogP contribution in [-0.2, 0) is 0 Å². The average Bonchev–Trinajstić information content (AvgIpc) is 3.21. The van der Waals surface area contributed by atoms with Gasteiger partial charge >= 0.3 is 0 Å². The molecule has 0 radical (unpaired) electrons. The van der Waals surface area contributed by atoms with Crippen molar-refractivity contribution in [2.24, 2.45) is 5.73 Å². The van der Waals surface area contributed by atoms with E-state index in [-0.39, 0.29) is 6.04 Å². The molecule has 1 fully saturated rings. The largest absolute Gasteiger partial charge is 0.366 e. The maximum atomic E-state index is 11.8. The van der Waals surface area contributed by atoms with Crippen LogP contribution in [-0.4, -0.2) is 21.9 Å². The van der Waals surface area contributed by atoms with Gasteiger partial charge in [0.15, 0.2) is 0 Å². The lowest BCUT2D eigenvalue weighted by molar-refractivity contribution is 0.100. The third-order valence-electron chi connectivity index (χ3n) is 5.97. The average molecular weight is 382 g/mol. The molecule has 29 heavy (non-hydrogen) atoms. The minimum Gasteiger partial charge on any atom is -0.366 e. The Labute approximate surface area is 169 Å². The SMILES string of the molecule is NC(=O)c1cccc2c(N[C@H]3CCC[C@@H]3c3ccc4ccccc4c3)ncnc12. The maximum absolute atomic E-state index is 11.8. The lowest BCUT2D eigenvalue weighted by Crippen LogP contribution is -2.23. The van der Waals surface area contributed by atoms with Gasteiger partial charge in [0, 0.05) is 17.3 Å². The Morgan fingerprint density at radius 3 is 2.69 bits per heavy atom. The van der Waals surface area contributed by atoms with Gasteiger partial charge in [-0.1, -0.05) is 55.0 Å². The van der Waals surface area contributed by atoms with Gasteiger partial charge in [0.1, 0.15) is 12.1 Å². The van der Waals surface area contributed by atoms with Crippen LogP contribution in [0.25, 0.3) is 21.7 Å². The summed E-state index contributed by atoms with van der Waals surface area (Å²) >= 11 is 0. The molecule has 1 saturated carbocycles. The van der Waals surface area contributed by atoms with Crippen LogP contribution in [0.4, 0.5) is 5.82 Å². The van der Waals surface area contributed by atoms with Gasteiger partial charge in [-0.25, -0.2) is 9.97 Å². The van der Waals surface area contributed by atoms with E-state index < -0.39 is 5.91 Å². The molecule has 1 amide bonds. The summed E-state index contributed by atoms with van der Waals surface area (Å²) in [5, 5.41) is 7.01. The first kappa shape index (κ1) is 17.6. The minimum atomic E-state index is -0.477. The molecule has 1 aliphatic carbocycles. The number of anilines is 1. The van der Waals surface area contributed by atoms with Crippen molar-refractivity contribution in [2.45, 2.75) is 31.2 Å². The Bertz CT molecular complexity index is 1220. The van der Waals surface area contributed by atoms with E-state index in [0.717, 1.165) is 24.0 Å². The second-order valence-electron chi connectivity index (χ2n) is 7.68. The Kier molecular flexibility index (Phi) is 4.35. The number of nitrogens with zero attached hydrogens (tertiary/aromatic N) is 2. The molecule has 0 saturated heterocycles. The highest BCUT2D eigenvalue weighted by atomic mass is 16.1. The number of rotatable bonds is 4. The number of nitrogens with two attached hydrogens (primary N) is 1. The molecule has 0 unspecified atom stereocenters. The summed E-state index contributed by atoms with van der Waals surface area (Å²) in [4.78, 5) is 20.5. The van der Waals surface area contributed by atoms with Crippen LogP contribution in [0.3, 0.4) is 0 Å². The van der Waals surface area contributed by atoms with E-state index >= 15 is 0 Å². The molecular formula is C24H22N4O. The van der Waals surface area contributed by atoms with Crippen LogP contribution in [0.1, 0.15) is 41.1 Å². The van der Waals surface area contributed by atoms with Crippen LogP contribution in [0.15, 0.2) is 67.0 Å². The molecule has 5 rings (SSSR count). The van der Waals surface area contributed by atoms with Gasteiger partial charge in [0.25, 0.3) is 5.91 Å². The number of benzene rings is 3. The molecule has 5 heteroatoms. The van der Waals surface area contributed by atoms with E-state index in [2.05, 4.69) is 57.7 Å². The smallest absolute Gasteiger partial charge is 0.250 e. The standard InChI is InChI=1S/C24H22N4O/c25-23(29)19-8-3-9-20-22(19)26-14-27-24(20)28-21-10-4-7-18(21)17-12-11-15-5-1-2-6-16(15)13-17/h1-3,5-6,8-9,11-14,18,21H,4,7,10H2,(H2,25,29)(H,26,27,28)/t18-,21+/m1/s1. The number of primary amides is 1. The number of aromatic nitrogens is 2. The summed E-state index contributed by atoms with van der Waals surface area (Å²) in [6, 6.07) is 21.0. The number of fused-ring (bicyclic) bond motifs is 2. The number of hydrogen-bond donors (Lipinski definition) is 2. The highest BCUT2D eigenvalue weighted by Crippen LogP contribution is 2.38. The molecule has 0 aliphatic heterocycles. The number of para-hydroxylation sites is 1. The van der Waals surface area contributed by atoms with E-state index in [9.17, 15) is 4.79 Å². The van der Waals surface area contributed by atoms with Gasteiger partial charge in [-0.3, -0.25) is 4.79 Å². The zero-order valence-corrected chi connectivity index (χ0v) is 16.0. The van der Waals surface area contributed by atoms with E-state index in [1.807, 2.05) is 12.1 Å². The molecule has 1 aromatic heterocycles. The number of nitrogens with one attached hydrogen (secondary N) is 1. The van der Waals surface area contributed by atoms with E-state index in [1.165, 1.54) is 29.1 Å². The molecule has 144 valence electrons. The van der Waals surface area contributed by atoms with Crippen molar-refractivity contribution >= 4 is 33.4 Å². The summed E-state index contributed by atoms with van der Waals surface area (Å²) in [6.07, 6.45) is 4.89. The van der Waals surface area contributed by atoms with Gasteiger partial charge < -0.3 is 11.1 Å². The van der Waals surface area contributed by atoms with E-state index in [4.69, 9.17) is 5.73 Å². The maximum Gasteiger partial charge on any atom is 0.250 e. The normalized spacial score (nSPS) is 18.9. The Morgan fingerprint density at radius 1 is 0.966 bits per heavy atom. The zero-order chi connectivity index (χ0) is 19.8. The predicted octanol–water partition coefficient (Wildman–Crippen LogP) is 4.63. The first-order valence-corrected chi connectivity index (χ1v) is 9.99. The van der Waals surface area contributed by atoms with Gasteiger partial charge in [0.05, 0.1) is 11.1 Å². The predicted molar refractivity (Wildman–Crippen MR) is 116 cm³/mol. The van der Waals surface area contributed by atoms with Crippen molar-refractivity contribution in [3.63, 3.8) is 0 Å². The highest BCUT2D eigenvalue weighted by Gasteiger charge is 2.29. The lowest BCUT2D eigenvalue weighted by Gasteiger charge is -2.23. The molecule has 5 nitrogen and oxygen atoms in total. The molecule has 3 aromatic carbocycles. The van der Waals surface area contributed by atoms with Crippen LogP contribution < -0.4 is 11.1 Å². The van der Waals surface area contributed by atoms with Gasteiger partial charge in [-0.05, 0) is 41.3 Å². The molecule has 1 aliphatic rings. The fraction of sp³-hybridized carbons (Fsp3) is 0.208. The number of carbonyl (C=O) groups excluding carboxylic acids is 1. The van der Waals surface area contributed by atoms with Crippen LogP contribution in [0.2, 0.25) is 0 Å². The molecule has 4 aromatic rings. The summed E-state index contributed by atoms with van der Waals surface area (Å²) in [6.45, 7) is 0. The van der Waals surface area contributed by atoms with E-state index in [0.29, 0.717) is 17.0 Å². The van der Waals surface area contributed by atoms with Crippen LogP contribution >= 0.6 is 0 Å². The Morgan fingerprint density at radius 2 is 1.83 bits per heavy atom. The fourth-order valence-corrected chi connectivity index (χ4v) is 4.55. The first-order valence-electron chi connectivity index (χ1n) is 9.99. The number of hydrogen-bond acceptors (Lipinski definition) is 4. The monoisotopic (exact) mass is 382 g/mol. The molecule has 0 bridgehead atoms. The van der Waals surface area contributed by atoms with Gasteiger partial charge in [0.2, 0.25) is 0 Å². The molecule has 1 heterocycles. The highest BCUT2D eigenvalue weighted by molar-refractivity contribution is 6.06. The summed E-state index contributed by atoms with van der Waals surface area (Å²) in [5.41, 5.74) is 7.89. The second kappa shape index (κ2) is 7.17. The Balaban J connectivity index is 1.49. The summed E-state index contributed by atoms with van der Waals surface area (Å²) in [5.74, 6) is 0.704. The van der Waals surface area contributed by atoms with Gasteiger partial charge in [-0.2, -0.15) is 0 Å². The fourth-order valence-electron chi connectivity index (χ4n) is 4.55. The van der Waals surface area contributed by atoms with Crippen molar-refractivity contribution in [1.82, 2.24) is 9.97 Å². The van der Waals surface area contributed by atoms with Gasteiger partial charge in [-0.15, -0.1) is 0 Å². The molecule has 2 atom stereocenters. The zero-order valence-electron chi connectivity index (χ0n) is 16.0. The van der Waals surface area contributed by atoms with Crippen molar-refractivity contribution < 1.29 is 4.79 Å². The lowest BCUT2D eigenvalue weighted by atomic mass is 9.92.